The van der Waals surface area contributed by atoms with Gasteiger partial charge in [0.25, 0.3) is 5.91 Å². The number of hydrogen-bond donors (Lipinski definition) is 0. The van der Waals surface area contributed by atoms with Crippen LogP contribution in [-0.4, -0.2) is 56.1 Å². The summed E-state index contributed by atoms with van der Waals surface area (Å²) in [6, 6.07) is 17.2. The molecule has 1 amide bonds. The minimum absolute atomic E-state index is 0.0858. The van der Waals surface area contributed by atoms with E-state index in [0.717, 1.165) is 35.0 Å². The van der Waals surface area contributed by atoms with Gasteiger partial charge < -0.3 is 9.64 Å². The molecule has 1 aliphatic rings. The Morgan fingerprint density at radius 1 is 0.844 bits per heavy atom. The van der Waals surface area contributed by atoms with Crippen molar-refractivity contribution in [1.82, 2.24) is 9.21 Å². The van der Waals surface area contributed by atoms with E-state index in [1.165, 1.54) is 4.31 Å². The molecule has 0 N–H and O–H groups in total. The minimum Gasteiger partial charge on any atom is -0.406 e. The van der Waals surface area contributed by atoms with Crippen LogP contribution in [0.1, 0.15) is 10.4 Å². The molecule has 10 heteroatoms. The monoisotopic (exact) mass is 464 g/mol. The second-order valence-corrected chi connectivity index (χ2v) is 9.22. The van der Waals surface area contributed by atoms with Crippen LogP contribution in [0.3, 0.4) is 0 Å². The molecule has 4 rings (SSSR count). The van der Waals surface area contributed by atoms with Crippen molar-refractivity contribution in [2.45, 2.75) is 11.3 Å². The third-order valence-electron chi connectivity index (χ3n) is 5.22. The lowest BCUT2D eigenvalue weighted by atomic mass is 10.1. The SMILES string of the molecule is O=C(c1ccc2ccccc2c1)N1CCN(S(=O)(=O)c2ccc(OC(F)(F)F)cc2)CC1. The fraction of sp³-hybridized carbons (Fsp3) is 0.227. The summed E-state index contributed by atoms with van der Waals surface area (Å²) in [5.41, 5.74) is 0.528. The number of rotatable bonds is 4. The van der Waals surface area contributed by atoms with Gasteiger partial charge in [0.1, 0.15) is 5.75 Å². The topological polar surface area (TPSA) is 66.9 Å². The van der Waals surface area contributed by atoms with E-state index in [2.05, 4.69) is 4.74 Å². The maximum Gasteiger partial charge on any atom is 0.573 e. The molecule has 0 aliphatic carbocycles. The number of nitrogens with zero attached hydrogens (tertiary/aromatic N) is 2. The highest BCUT2D eigenvalue weighted by molar-refractivity contribution is 7.89. The van der Waals surface area contributed by atoms with Crippen LogP contribution in [-0.2, 0) is 10.0 Å². The number of fused-ring (bicyclic) bond motifs is 1. The van der Waals surface area contributed by atoms with E-state index >= 15 is 0 Å². The molecule has 0 radical (unpaired) electrons. The molecule has 3 aromatic rings. The van der Waals surface area contributed by atoms with Crippen LogP contribution in [0.2, 0.25) is 0 Å². The molecular formula is C22H19F3N2O4S. The van der Waals surface area contributed by atoms with Gasteiger partial charge >= 0.3 is 6.36 Å². The average molecular weight is 464 g/mol. The predicted molar refractivity (Wildman–Crippen MR) is 112 cm³/mol. The highest BCUT2D eigenvalue weighted by Crippen LogP contribution is 2.26. The molecule has 32 heavy (non-hydrogen) atoms. The highest BCUT2D eigenvalue weighted by Gasteiger charge is 2.33. The Bertz CT molecular complexity index is 1240. The van der Waals surface area contributed by atoms with Gasteiger partial charge in [-0.25, -0.2) is 8.42 Å². The van der Waals surface area contributed by atoms with Gasteiger partial charge in [-0.1, -0.05) is 30.3 Å². The maximum atomic E-state index is 12.9. The fourth-order valence-corrected chi connectivity index (χ4v) is 5.02. The number of alkyl halides is 3. The summed E-state index contributed by atoms with van der Waals surface area (Å²) in [7, 11) is -3.91. The third-order valence-corrected chi connectivity index (χ3v) is 7.13. The van der Waals surface area contributed by atoms with Crippen molar-refractivity contribution in [1.29, 1.82) is 0 Å². The van der Waals surface area contributed by atoms with E-state index in [4.69, 9.17) is 0 Å². The smallest absolute Gasteiger partial charge is 0.406 e. The number of carbonyl (C=O) groups excluding carboxylic acids is 1. The quantitative estimate of drug-likeness (QED) is 0.588. The first-order chi connectivity index (χ1) is 15.1. The van der Waals surface area contributed by atoms with E-state index in [-0.39, 0.29) is 37.0 Å². The first kappa shape index (κ1) is 22.1. The number of benzene rings is 3. The second-order valence-electron chi connectivity index (χ2n) is 7.28. The largest absolute Gasteiger partial charge is 0.573 e. The number of carbonyl (C=O) groups is 1. The van der Waals surface area contributed by atoms with E-state index in [1.54, 1.807) is 11.0 Å². The van der Waals surface area contributed by atoms with Crippen LogP contribution in [0.5, 0.6) is 5.75 Å². The molecule has 0 atom stereocenters. The predicted octanol–water partition coefficient (Wildman–Crippen LogP) is 3.89. The zero-order valence-electron chi connectivity index (χ0n) is 16.7. The van der Waals surface area contributed by atoms with Crippen LogP contribution in [0.25, 0.3) is 10.8 Å². The zero-order valence-corrected chi connectivity index (χ0v) is 17.6. The normalized spacial score (nSPS) is 15.7. The summed E-state index contributed by atoms with van der Waals surface area (Å²) in [6.45, 7) is 0.589. The summed E-state index contributed by atoms with van der Waals surface area (Å²) in [4.78, 5) is 14.3. The Kier molecular flexibility index (Phi) is 5.83. The Morgan fingerprint density at radius 2 is 1.47 bits per heavy atom. The molecule has 0 aromatic heterocycles. The average Bonchev–Trinajstić information content (AvgIpc) is 2.77. The summed E-state index contributed by atoms with van der Waals surface area (Å²) in [5, 5.41) is 1.96. The molecule has 1 heterocycles. The maximum absolute atomic E-state index is 12.9. The molecule has 3 aromatic carbocycles. The Balaban J connectivity index is 1.42. The lowest BCUT2D eigenvalue weighted by Crippen LogP contribution is -2.50. The molecule has 1 aliphatic heterocycles. The Labute approximate surface area is 182 Å². The van der Waals surface area contributed by atoms with Gasteiger partial charge in [0, 0.05) is 31.7 Å². The van der Waals surface area contributed by atoms with Gasteiger partial charge in [-0.3, -0.25) is 4.79 Å². The summed E-state index contributed by atoms with van der Waals surface area (Å²) >= 11 is 0. The molecule has 168 valence electrons. The highest BCUT2D eigenvalue weighted by atomic mass is 32.2. The van der Waals surface area contributed by atoms with Crippen molar-refractivity contribution in [3.05, 3.63) is 72.3 Å². The van der Waals surface area contributed by atoms with Crippen molar-refractivity contribution in [2.75, 3.05) is 26.2 Å². The van der Waals surface area contributed by atoms with Gasteiger partial charge in [-0.05, 0) is 47.2 Å². The van der Waals surface area contributed by atoms with E-state index in [9.17, 15) is 26.4 Å². The van der Waals surface area contributed by atoms with Crippen LogP contribution < -0.4 is 4.74 Å². The summed E-state index contributed by atoms with van der Waals surface area (Å²) < 4.78 is 67.5. The van der Waals surface area contributed by atoms with Gasteiger partial charge in [-0.2, -0.15) is 4.31 Å². The molecule has 1 fully saturated rings. The van der Waals surface area contributed by atoms with Crippen molar-refractivity contribution in [3.8, 4) is 5.75 Å². The molecule has 1 saturated heterocycles. The summed E-state index contributed by atoms with van der Waals surface area (Å²) in [5.74, 6) is -0.677. The Morgan fingerprint density at radius 3 is 2.09 bits per heavy atom. The number of halogens is 3. The van der Waals surface area contributed by atoms with E-state index in [1.807, 2.05) is 36.4 Å². The number of amides is 1. The molecule has 0 saturated carbocycles. The molecular weight excluding hydrogens is 445 g/mol. The van der Waals surface area contributed by atoms with Gasteiger partial charge in [0.05, 0.1) is 4.90 Å². The van der Waals surface area contributed by atoms with Crippen molar-refractivity contribution in [3.63, 3.8) is 0 Å². The first-order valence-corrected chi connectivity index (χ1v) is 11.2. The van der Waals surface area contributed by atoms with E-state index in [0.29, 0.717) is 5.56 Å². The fourth-order valence-electron chi connectivity index (χ4n) is 3.60. The summed E-state index contributed by atoms with van der Waals surface area (Å²) in [6.07, 6.45) is -4.85. The van der Waals surface area contributed by atoms with Crippen molar-refractivity contribution < 1.29 is 31.1 Å². The van der Waals surface area contributed by atoms with Gasteiger partial charge in [0.15, 0.2) is 0 Å². The van der Waals surface area contributed by atoms with Gasteiger partial charge in [-0.15, -0.1) is 13.2 Å². The first-order valence-electron chi connectivity index (χ1n) is 9.77. The van der Waals surface area contributed by atoms with E-state index < -0.39 is 22.1 Å². The third kappa shape index (κ3) is 4.71. The number of piperazine rings is 1. The molecule has 6 nitrogen and oxygen atoms in total. The second kappa shape index (κ2) is 8.44. The van der Waals surface area contributed by atoms with Crippen LogP contribution in [0.15, 0.2) is 71.6 Å². The molecule has 0 spiro atoms. The van der Waals surface area contributed by atoms with Crippen molar-refractivity contribution in [2.24, 2.45) is 0 Å². The number of hydrogen-bond acceptors (Lipinski definition) is 4. The number of sulfonamides is 1. The lowest BCUT2D eigenvalue weighted by Gasteiger charge is -2.34. The zero-order chi connectivity index (χ0) is 22.9. The lowest BCUT2D eigenvalue weighted by molar-refractivity contribution is -0.274. The molecule has 0 bridgehead atoms. The standard InChI is InChI=1S/C22H19F3N2O4S/c23-22(24,25)31-19-7-9-20(10-8-19)32(29,30)27-13-11-26(12-14-27)21(28)18-6-5-16-3-1-2-4-17(16)15-18/h1-10,15H,11-14H2. The molecule has 0 unspecified atom stereocenters. The van der Waals surface area contributed by atoms with Crippen molar-refractivity contribution >= 4 is 26.7 Å². The van der Waals surface area contributed by atoms with Crippen LogP contribution >= 0.6 is 0 Å². The van der Waals surface area contributed by atoms with Crippen LogP contribution in [0, 0.1) is 0 Å². The van der Waals surface area contributed by atoms with Gasteiger partial charge in [0.2, 0.25) is 10.0 Å². The Hall–Kier alpha value is -3.11. The van der Waals surface area contributed by atoms with Crippen LogP contribution in [0.4, 0.5) is 13.2 Å². The minimum atomic E-state index is -4.85. The number of ether oxygens (including phenoxy) is 1.